The van der Waals surface area contributed by atoms with Crippen LogP contribution in [0, 0.1) is 23.4 Å². The number of halogens is 3. The maximum Gasteiger partial charge on any atom is 0.259 e. The number of hydrazone groups is 1. The number of hydrogen-bond acceptors (Lipinski definition) is 5. The number of nitrogens with one attached hydrogen (secondary N) is 2. The molecule has 0 atom stereocenters. The molecule has 5 rings (SSSR count). The highest BCUT2D eigenvalue weighted by Crippen LogP contribution is 2.30. The molecule has 2 aromatic rings. The molecule has 6 nitrogen and oxygen atoms in total. The van der Waals surface area contributed by atoms with Gasteiger partial charge in [-0.05, 0) is 66.8 Å². The molecule has 1 saturated heterocycles. The van der Waals surface area contributed by atoms with Crippen LogP contribution in [0.5, 0.6) is 0 Å². The molecule has 164 valence electrons. The number of amides is 1. The van der Waals surface area contributed by atoms with Crippen molar-refractivity contribution in [2.24, 2.45) is 11.0 Å². The van der Waals surface area contributed by atoms with E-state index < -0.39 is 23.1 Å². The van der Waals surface area contributed by atoms with E-state index in [9.17, 15) is 18.0 Å². The second kappa shape index (κ2) is 8.07. The lowest BCUT2D eigenvalue weighted by atomic mass is 9.88. The Labute approximate surface area is 182 Å². The van der Waals surface area contributed by atoms with Crippen molar-refractivity contribution in [3.05, 3.63) is 94.7 Å². The third-order valence-electron chi connectivity index (χ3n) is 5.93. The van der Waals surface area contributed by atoms with Gasteiger partial charge in [-0.3, -0.25) is 15.6 Å². The Hall–Kier alpha value is -3.75. The molecule has 9 heteroatoms. The smallest absolute Gasteiger partial charge is 0.259 e. The van der Waals surface area contributed by atoms with Crippen LogP contribution in [-0.2, 0) is 0 Å². The summed E-state index contributed by atoms with van der Waals surface area (Å²) in [6.45, 7) is 0.818. The van der Waals surface area contributed by atoms with Crippen LogP contribution in [0.1, 0.15) is 28.8 Å². The maximum absolute atomic E-state index is 14.0. The maximum atomic E-state index is 14.0. The fraction of sp³-hybridized carbons (Fsp3) is 0.217. The summed E-state index contributed by atoms with van der Waals surface area (Å²) in [6, 6.07) is 9.51. The molecule has 0 spiro atoms. The number of rotatable bonds is 3. The van der Waals surface area contributed by atoms with Gasteiger partial charge in [-0.1, -0.05) is 6.07 Å². The van der Waals surface area contributed by atoms with E-state index in [1.807, 2.05) is 12.3 Å². The normalized spacial score (nSPS) is 18.3. The summed E-state index contributed by atoms with van der Waals surface area (Å²) in [4.78, 5) is 14.1. The van der Waals surface area contributed by atoms with Gasteiger partial charge in [0.2, 0.25) is 0 Å². The molecular weight excluding hydrogens is 419 g/mol. The molecule has 0 saturated carbocycles. The quantitative estimate of drug-likeness (QED) is 0.769. The highest BCUT2D eigenvalue weighted by atomic mass is 19.1. The Morgan fingerprint density at radius 1 is 1.00 bits per heavy atom. The molecule has 2 N–H and O–H groups in total. The summed E-state index contributed by atoms with van der Waals surface area (Å²) in [7, 11) is 0. The molecule has 32 heavy (non-hydrogen) atoms. The van der Waals surface area contributed by atoms with Crippen molar-refractivity contribution < 1.29 is 18.0 Å². The molecule has 0 radical (unpaired) electrons. The van der Waals surface area contributed by atoms with Gasteiger partial charge < -0.3 is 4.90 Å². The van der Waals surface area contributed by atoms with Gasteiger partial charge in [0.05, 0.1) is 0 Å². The Kier molecular flexibility index (Phi) is 5.08. The summed E-state index contributed by atoms with van der Waals surface area (Å²) in [5, 5.41) is 6.10. The number of nitrogens with zero attached hydrogens (tertiary/aromatic N) is 3. The minimum absolute atomic E-state index is 0.184. The molecule has 0 unspecified atom stereocenters. The van der Waals surface area contributed by atoms with Crippen LogP contribution in [0.25, 0.3) is 0 Å². The number of carbonyl (C=O) groups excluding carboxylic acids is 1. The van der Waals surface area contributed by atoms with Gasteiger partial charge >= 0.3 is 0 Å². The summed E-state index contributed by atoms with van der Waals surface area (Å²) in [5.74, 6) is -1.06. The second-order valence-corrected chi connectivity index (χ2v) is 7.86. The highest BCUT2D eigenvalue weighted by molar-refractivity contribution is 6.00. The summed E-state index contributed by atoms with van der Waals surface area (Å²) in [5.41, 5.74) is 7.49. The lowest BCUT2D eigenvalue weighted by Gasteiger charge is -2.34. The van der Waals surface area contributed by atoms with Gasteiger partial charge in [0.1, 0.15) is 28.8 Å². The Balaban J connectivity index is 1.23. The van der Waals surface area contributed by atoms with Crippen LogP contribution in [0.2, 0.25) is 0 Å². The fourth-order valence-corrected chi connectivity index (χ4v) is 4.19. The molecule has 2 aromatic carbocycles. The number of fused-ring (bicyclic) bond motifs is 1. The van der Waals surface area contributed by atoms with E-state index in [-0.39, 0.29) is 11.7 Å². The van der Waals surface area contributed by atoms with Gasteiger partial charge in [0.25, 0.3) is 5.91 Å². The van der Waals surface area contributed by atoms with E-state index in [1.54, 1.807) is 17.1 Å². The second-order valence-electron chi connectivity index (χ2n) is 7.86. The van der Waals surface area contributed by atoms with Gasteiger partial charge in [-0.15, -0.1) is 0 Å². The van der Waals surface area contributed by atoms with Crippen molar-refractivity contribution in [3.63, 3.8) is 0 Å². The molecule has 1 fully saturated rings. The molecule has 3 aliphatic heterocycles. The molecule has 0 aliphatic carbocycles. The Morgan fingerprint density at radius 3 is 2.38 bits per heavy atom. The first-order chi connectivity index (χ1) is 15.5. The third-order valence-corrected chi connectivity index (χ3v) is 5.93. The van der Waals surface area contributed by atoms with E-state index in [0.717, 1.165) is 29.1 Å². The van der Waals surface area contributed by atoms with Gasteiger partial charge in [-0.25, -0.2) is 18.2 Å². The number of likely N-dealkylation sites (tertiary alicyclic amines) is 1. The van der Waals surface area contributed by atoms with Crippen molar-refractivity contribution in [2.75, 3.05) is 13.1 Å². The van der Waals surface area contributed by atoms with Crippen LogP contribution < -0.4 is 10.9 Å². The average Bonchev–Trinajstić information content (AvgIpc) is 3.23. The Morgan fingerprint density at radius 2 is 1.69 bits per heavy atom. The predicted molar refractivity (Wildman–Crippen MR) is 112 cm³/mol. The Bertz CT molecular complexity index is 1130. The standard InChI is InChI=1S/C23H20F3N5O/c24-17-6-4-15(5-7-17)22-29-28-20-12-16(13-27-31(20)22)14-8-10-30(11-9-14)23(32)21-18(25)2-1-3-19(21)26/h1-7,12-14,27-28H,8-11H2. The summed E-state index contributed by atoms with van der Waals surface area (Å²) in [6.07, 6.45) is 5.21. The third kappa shape index (κ3) is 3.59. The highest BCUT2D eigenvalue weighted by Gasteiger charge is 2.31. The van der Waals surface area contributed by atoms with Gasteiger partial charge in [0, 0.05) is 24.9 Å². The number of benzene rings is 2. The predicted octanol–water partition coefficient (Wildman–Crippen LogP) is 3.47. The lowest BCUT2D eigenvalue weighted by Crippen LogP contribution is -2.42. The van der Waals surface area contributed by atoms with Crippen LogP contribution in [0.15, 0.2) is 71.2 Å². The first-order valence-corrected chi connectivity index (χ1v) is 10.3. The molecule has 1 amide bonds. The number of amidine groups is 1. The van der Waals surface area contributed by atoms with Crippen molar-refractivity contribution in [1.29, 1.82) is 0 Å². The zero-order valence-corrected chi connectivity index (χ0v) is 17.0. The molecule has 0 bridgehead atoms. The first-order valence-electron chi connectivity index (χ1n) is 10.3. The van der Waals surface area contributed by atoms with E-state index >= 15 is 0 Å². The van der Waals surface area contributed by atoms with Crippen molar-refractivity contribution >= 4 is 11.7 Å². The first kappa shape index (κ1) is 20.2. The van der Waals surface area contributed by atoms with E-state index in [1.165, 1.54) is 23.1 Å². The van der Waals surface area contributed by atoms with Crippen LogP contribution in [0.4, 0.5) is 13.2 Å². The van der Waals surface area contributed by atoms with Crippen LogP contribution in [-0.4, -0.2) is 34.7 Å². The molecule has 3 heterocycles. The van der Waals surface area contributed by atoms with Crippen molar-refractivity contribution in [1.82, 2.24) is 20.8 Å². The van der Waals surface area contributed by atoms with Crippen LogP contribution >= 0.6 is 0 Å². The monoisotopic (exact) mass is 439 g/mol. The van der Waals surface area contributed by atoms with Crippen molar-refractivity contribution in [2.45, 2.75) is 12.8 Å². The van der Waals surface area contributed by atoms with Crippen LogP contribution in [0.3, 0.4) is 0 Å². The van der Waals surface area contributed by atoms with Gasteiger partial charge in [0.15, 0.2) is 5.84 Å². The number of carbonyl (C=O) groups is 1. The fourth-order valence-electron chi connectivity index (χ4n) is 4.19. The lowest BCUT2D eigenvalue weighted by molar-refractivity contribution is 0.0692. The summed E-state index contributed by atoms with van der Waals surface area (Å²) >= 11 is 0. The summed E-state index contributed by atoms with van der Waals surface area (Å²) < 4.78 is 41.1. The van der Waals surface area contributed by atoms with E-state index in [2.05, 4.69) is 16.0 Å². The van der Waals surface area contributed by atoms with E-state index in [4.69, 9.17) is 0 Å². The molecular formula is C23H20F3N5O. The minimum Gasteiger partial charge on any atom is -0.338 e. The SMILES string of the molecule is O=C(c1c(F)cccc1F)N1CCC(C2=CNN3C(=C2)NN=C3c2ccc(F)cc2)CC1. The number of piperidine rings is 1. The average molecular weight is 439 g/mol. The topological polar surface area (TPSA) is 60.0 Å². The number of hydrazine groups is 1. The van der Waals surface area contributed by atoms with E-state index in [0.29, 0.717) is 31.8 Å². The number of allylic oxidation sites excluding steroid dienone is 2. The molecule has 0 aromatic heterocycles. The zero-order chi connectivity index (χ0) is 22.2. The zero-order valence-electron chi connectivity index (χ0n) is 17.0. The minimum atomic E-state index is -0.842. The van der Waals surface area contributed by atoms with Gasteiger partial charge in [-0.2, -0.15) is 5.10 Å². The largest absolute Gasteiger partial charge is 0.338 e. The number of hydrogen-bond donors (Lipinski definition) is 2. The van der Waals surface area contributed by atoms with Crippen molar-refractivity contribution in [3.8, 4) is 0 Å². The molecule has 3 aliphatic rings.